The minimum atomic E-state index is 0.542. The molecule has 7 heteroatoms. The summed E-state index contributed by atoms with van der Waals surface area (Å²) in [5, 5.41) is 14.7. The van der Waals surface area contributed by atoms with Gasteiger partial charge >= 0.3 is 0 Å². The van der Waals surface area contributed by atoms with Gasteiger partial charge in [0.2, 0.25) is 5.95 Å². The fourth-order valence-corrected chi connectivity index (χ4v) is 2.19. The number of halogens is 1. The Kier molecular flexibility index (Phi) is 3.62. The first-order valence-corrected chi connectivity index (χ1v) is 7.03. The number of H-pyrrole nitrogens is 1. The molecule has 0 aliphatic rings. The highest BCUT2D eigenvalue weighted by Gasteiger charge is 2.11. The molecule has 0 unspecified atom stereocenters. The second kappa shape index (κ2) is 5.57. The van der Waals surface area contributed by atoms with Gasteiger partial charge in [-0.25, -0.2) is 0 Å². The molecule has 0 bridgehead atoms. The van der Waals surface area contributed by atoms with E-state index in [9.17, 15) is 0 Å². The smallest absolute Gasteiger partial charge is 0.226 e. The van der Waals surface area contributed by atoms with Gasteiger partial charge in [-0.3, -0.25) is 5.10 Å². The highest BCUT2D eigenvalue weighted by atomic mass is 35.5. The number of nitrogens with one attached hydrogen (secondary N) is 3. The van der Waals surface area contributed by atoms with Crippen molar-refractivity contribution in [3.05, 3.63) is 35.0 Å². The molecule has 3 N–H and O–H groups in total. The van der Waals surface area contributed by atoms with Crippen LogP contribution in [0, 0.1) is 6.92 Å². The summed E-state index contributed by atoms with van der Waals surface area (Å²) in [5.41, 5.74) is 2.60. The number of rotatable bonds is 4. The average Bonchev–Trinajstić information content (AvgIpc) is 2.92. The second-order valence-electron chi connectivity index (χ2n) is 4.67. The predicted octanol–water partition coefficient (Wildman–Crippen LogP) is 3.49. The van der Waals surface area contributed by atoms with Crippen LogP contribution in [0.15, 0.2) is 24.4 Å². The summed E-state index contributed by atoms with van der Waals surface area (Å²) in [7, 11) is 0. The Morgan fingerprint density at radius 2 is 2.14 bits per heavy atom. The lowest BCUT2D eigenvalue weighted by Crippen LogP contribution is -2.05. The normalized spacial score (nSPS) is 10.8. The van der Waals surface area contributed by atoms with E-state index < -0.39 is 0 Å². The molecule has 0 atom stereocenters. The molecule has 108 valence electrons. The first-order valence-electron chi connectivity index (χ1n) is 6.65. The molecule has 3 rings (SSSR count). The van der Waals surface area contributed by atoms with E-state index in [1.54, 1.807) is 6.20 Å². The second-order valence-corrected chi connectivity index (χ2v) is 5.07. The predicted molar refractivity (Wildman–Crippen MR) is 85.3 cm³/mol. The maximum Gasteiger partial charge on any atom is 0.226 e. The number of benzene rings is 1. The molecule has 2 heterocycles. The number of fused-ring (bicyclic) bond motifs is 1. The van der Waals surface area contributed by atoms with Crippen molar-refractivity contribution in [2.75, 3.05) is 17.2 Å². The molecule has 0 aliphatic heterocycles. The van der Waals surface area contributed by atoms with Crippen molar-refractivity contribution in [2.24, 2.45) is 0 Å². The van der Waals surface area contributed by atoms with Crippen LogP contribution in [0.3, 0.4) is 0 Å². The molecule has 2 aromatic heterocycles. The molecule has 0 spiro atoms. The number of anilines is 3. The van der Waals surface area contributed by atoms with Gasteiger partial charge in [0, 0.05) is 6.54 Å². The third kappa shape index (κ3) is 2.75. The van der Waals surface area contributed by atoms with Gasteiger partial charge in [-0.15, -0.1) is 0 Å². The van der Waals surface area contributed by atoms with Crippen molar-refractivity contribution in [3.8, 4) is 0 Å². The number of hydrogen-bond donors (Lipinski definition) is 3. The number of aryl methyl sites for hydroxylation is 1. The molecule has 0 saturated heterocycles. The third-order valence-electron chi connectivity index (χ3n) is 3.02. The quantitative estimate of drug-likeness (QED) is 0.687. The molecule has 0 aliphatic carbocycles. The van der Waals surface area contributed by atoms with E-state index in [2.05, 4.69) is 30.8 Å². The molecule has 0 radical (unpaired) electrons. The van der Waals surface area contributed by atoms with Crippen molar-refractivity contribution in [2.45, 2.75) is 13.8 Å². The highest BCUT2D eigenvalue weighted by molar-refractivity contribution is 6.33. The van der Waals surface area contributed by atoms with Gasteiger partial charge in [-0.1, -0.05) is 17.7 Å². The van der Waals surface area contributed by atoms with Crippen LogP contribution in [0.2, 0.25) is 5.02 Å². The summed E-state index contributed by atoms with van der Waals surface area (Å²) in [6.07, 6.45) is 1.69. The van der Waals surface area contributed by atoms with Crippen LogP contribution in [-0.4, -0.2) is 26.7 Å². The van der Waals surface area contributed by atoms with Crippen molar-refractivity contribution >= 4 is 40.1 Å². The lowest BCUT2D eigenvalue weighted by molar-refractivity contribution is 1.07. The molecular formula is C14H15ClN6. The van der Waals surface area contributed by atoms with Gasteiger partial charge < -0.3 is 10.6 Å². The number of aromatic amines is 1. The summed E-state index contributed by atoms with van der Waals surface area (Å²) < 4.78 is 0. The summed E-state index contributed by atoms with van der Waals surface area (Å²) in [4.78, 5) is 8.83. The monoisotopic (exact) mass is 302 g/mol. The van der Waals surface area contributed by atoms with Crippen molar-refractivity contribution in [1.29, 1.82) is 0 Å². The molecule has 1 aromatic carbocycles. The fourth-order valence-electron chi connectivity index (χ4n) is 2.03. The Morgan fingerprint density at radius 3 is 2.95 bits per heavy atom. The van der Waals surface area contributed by atoms with E-state index in [4.69, 9.17) is 11.6 Å². The summed E-state index contributed by atoms with van der Waals surface area (Å²) in [6, 6.07) is 5.80. The number of nitrogens with zero attached hydrogens (tertiary/aromatic N) is 3. The highest BCUT2D eigenvalue weighted by Crippen LogP contribution is 2.29. The van der Waals surface area contributed by atoms with Gasteiger partial charge in [-0.2, -0.15) is 15.1 Å². The van der Waals surface area contributed by atoms with Crippen LogP contribution in [-0.2, 0) is 0 Å². The zero-order valence-corrected chi connectivity index (χ0v) is 12.5. The summed E-state index contributed by atoms with van der Waals surface area (Å²) in [6.45, 7) is 4.74. The van der Waals surface area contributed by atoms with Crippen molar-refractivity contribution in [3.63, 3.8) is 0 Å². The van der Waals surface area contributed by atoms with Gasteiger partial charge in [0.1, 0.15) is 5.82 Å². The van der Waals surface area contributed by atoms with Crippen molar-refractivity contribution < 1.29 is 0 Å². The zero-order chi connectivity index (χ0) is 14.8. The topological polar surface area (TPSA) is 78.5 Å². The van der Waals surface area contributed by atoms with E-state index in [1.807, 2.05) is 32.0 Å². The summed E-state index contributed by atoms with van der Waals surface area (Å²) >= 11 is 6.23. The maximum absolute atomic E-state index is 6.23. The third-order valence-corrected chi connectivity index (χ3v) is 3.35. The minimum absolute atomic E-state index is 0.542. The Hall–Kier alpha value is -2.34. The molecule has 3 aromatic rings. The number of aromatic nitrogens is 4. The van der Waals surface area contributed by atoms with Gasteiger partial charge in [0.05, 0.1) is 22.3 Å². The van der Waals surface area contributed by atoms with Gasteiger partial charge in [0.15, 0.2) is 5.65 Å². The van der Waals surface area contributed by atoms with Crippen molar-refractivity contribution in [1.82, 2.24) is 20.2 Å². The average molecular weight is 303 g/mol. The van der Waals surface area contributed by atoms with Crippen LogP contribution in [0.1, 0.15) is 12.5 Å². The van der Waals surface area contributed by atoms with E-state index in [1.165, 1.54) is 0 Å². The fraction of sp³-hybridized carbons (Fsp3) is 0.214. The van der Waals surface area contributed by atoms with Crippen LogP contribution in [0.25, 0.3) is 11.0 Å². The molecule has 0 amide bonds. The lowest BCUT2D eigenvalue weighted by Gasteiger charge is -2.11. The Balaban J connectivity index is 2.06. The molecule has 0 fully saturated rings. The minimum Gasteiger partial charge on any atom is -0.354 e. The standard InChI is InChI=1S/C14H15ClN6/c1-3-16-14-19-12(9-7-17-21-13(9)20-14)18-11-6-8(2)4-5-10(11)15/h4-7H,3H2,1-2H3,(H3,16,17,18,19,20,21). The first kappa shape index (κ1) is 13.6. The largest absolute Gasteiger partial charge is 0.354 e. The molecular weight excluding hydrogens is 288 g/mol. The lowest BCUT2D eigenvalue weighted by atomic mass is 10.2. The van der Waals surface area contributed by atoms with Crippen LogP contribution in [0.5, 0.6) is 0 Å². The Morgan fingerprint density at radius 1 is 1.29 bits per heavy atom. The van der Waals surface area contributed by atoms with E-state index in [-0.39, 0.29) is 0 Å². The van der Waals surface area contributed by atoms with Crippen LogP contribution >= 0.6 is 11.6 Å². The van der Waals surface area contributed by atoms with E-state index >= 15 is 0 Å². The zero-order valence-electron chi connectivity index (χ0n) is 11.7. The van der Waals surface area contributed by atoms with Gasteiger partial charge in [-0.05, 0) is 31.5 Å². The SMILES string of the molecule is CCNc1nc(Nc2cc(C)ccc2Cl)c2cn[nH]c2n1. The first-order chi connectivity index (χ1) is 10.2. The molecule has 6 nitrogen and oxygen atoms in total. The molecule has 21 heavy (non-hydrogen) atoms. The summed E-state index contributed by atoms with van der Waals surface area (Å²) in [5.74, 6) is 1.21. The van der Waals surface area contributed by atoms with Gasteiger partial charge in [0.25, 0.3) is 0 Å². The Labute approximate surface area is 127 Å². The van der Waals surface area contributed by atoms with E-state index in [0.29, 0.717) is 22.4 Å². The molecule has 0 saturated carbocycles. The van der Waals surface area contributed by atoms with Crippen LogP contribution < -0.4 is 10.6 Å². The maximum atomic E-state index is 6.23. The number of hydrogen-bond acceptors (Lipinski definition) is 5. The van der Waals surface area contributed by atoms with E-state index in [0.717, 1.165) is 23.2 Å². The Bertz CT molecular complexity index is 782. The van der Waals surface area contributed by atoms with Crippen LogP contribution in [0.4, 0.5) is 17.5 Å².